The molecule has 0 saturated heterocycles. The van der Waals surface area contributed by atoms with Crippen molar-refractivity contribution in [1.82, 2.24) is 0 Å². The topological polar surface area (TPSA) is 127 Å². The monoisotopic (exact) mass is 424 g/mol. The molecule has 0 saturated carbocycles. The van der Waals surface area contributed by atoms with Crippen LogP contribution in [0.2, 0.25) is 0 Å². The molecule has 0 aromatic rings. The fraction of sp³-hybridized carbons (Fsp3) is 0.632. The van der Waals surface area contributed by atoms with Gasteiger partial charge in [0.25, 0.3) is 0 Å². The Balaban J connectivity index is -0.000000165. The zero-order chi connectivity index (χ0) is 22.0. The molecule has 0 spiro atoms. The Kier molecular flexibility index (Phi) is 35.6. The zero-order valence-electron chi connectivity index (χ0n) is 16.8. The van der Waals surface area contributed by atoms with Crippen LogP contribution in [-0.4, -0.2) is 75.9 Å². The molecule has 0 amide bonds. The lowest BCUT2D eigenvalue weighted by Crippen LogP contribution is -2.10. The molecule has 0 bridgehead atoms. The Labute approximate surface area is 173 Å². The smallest absolute Gasteiger partial charge is 0.310 e. The summed E-state index contributed by atoms with van der Waals surface area (Å²) in [6.07, 6.45) is 2.72. The van der Waals surface area contributed by atoms with Crippen molar-refractivity contribution in [1.29, 1.82) is 0 Å². The normalized spacial score (nSPS) is 8.41. The first kappa shape index (κ1) is 34.1. The van der Waals surface area contributed by atoms with Crippen molar-refractivity contribution in [3.63, 3.8) is 0 Å². The number of aliphatic hydroxyl groups excluding tert-OH is 1. The Morgan fingerprint density at radius 2 is 1.14 bits per heavy atom. The Hall–Kier alpha value is -2.43. The molecule has 0 aromatic carbocycles. The lowest BCUT2D eigenvalue weighted by molar-refractivity contribution is -0.156. The summed E-state index contributed by atoms with van der Waals surface area (Å²) in [5.74, 6) is -1.42. The van der Waals surface area contributed by atoms with Gasteiger partial charge in [-0.3, -0.25) is 14.4 Å². The maximum atomic E-state index is 10.3. The van der Waals surface area contributed by atoms with Gasteiger partial charge in [-0.15, -0.1) is 0 Å². The number of rotatable bonds is 13. The van der Waals surface area contributed by atoms with Crippen LogP contribution in [0.25, 0.3) is 0 Å². The van der Waals surface area contributed by atoms with Crippen LogP contribution in [0.1, 0.15) is 28.2 Å². The first-order chi connectivity index (χ1) is 13.3. The van der Waals surface area contributed by atoms with Crippen molar-refractivity contribution in [2.75, 3.05) is 52.9 Å². The lowest BCUT2D eigenvalue weighted by atomic mass is 10.7. The number of aliphatic hydroxyl groups is 1. The van der Waals surface area contributed by atoms with Crippen LogP contribution < -0.4 is 0 Å². The van der Waals surface area contributed by atoms with Crippen molar-refractivity contribution < 1.29 is 47.9 Å². The largest absolute Gasteiger partial charge is 0.499 e. The summed E-state index contributed by atoms with van der Waals surface area (Å²) in [6.45, 7) is 13.6. The van der Waals surface area contributed by atoms with E-state index in [0.29, 0.717) is 46.2 Å². The molecular formula is C19H36O10. The second-order valence-electron chi connectivity index (χ2n) is 4.45. The van der Waals surface area contributed by atoms with Crippen molar-refractivity contribution in [2.24, 2.45) is 0 Å². The molecule has 0 heterocycles. The number of esters is 3. The maximum absolute atomic E-state index is 10.3. The third kappa shape index (κ3) is 51.7. The minimum atomic E-state index is -0.562. The van der Waals surface area contributed by atoms with E-state index in [0.717, 1.165) is 0 Å². The van der Waals surface area contributed by atoms with E-state index >= 15 is 0 Å². The van der Waals surface area contributed by atoms with E-state index in [9.17, 15) is 14.4 Å². The van der Waals surface area contributed by atoms with Gasteiger partial charge in [-0.2, -0.15) is 0 Å². The van der Waals surface area contributed by atoms with Gasteiger partial charge in [-0.1, -0.05) is 20.6 Å². The minimum Gasteiger partial charge on any atom is -0.499 e. The summed E-state index contributed by atoms with van der Waals surface area (Å²) >= 11 is 0. The van der Waals surface area contributed by atoms with Gasteiger partial charge < -0.3 is 33.5 Å². The molecule has 0 aliphatic heterocycles. The van der Waals surface area contributed by atoms with Crippen molar-refractivity contribution in [3.05, 3.63) is 25.7 Å². The number of hydrogen-bond donors (Lipinski definition) is 1. The van der Waals surface area contributed by atoms with Gasteiger partial charge in [0.1, 0.15) is 19.8 Å². The second kappa shape index (κ2) is 30.3. The summed E-state index contributed by atoms with van der Waals surface area (Å²) in [7, 11) is 0. The Bertz CT molecular complexity index is 398. The third-order valence-electron chi connectivity index (χ3n) is 1.98. The third-order valence-corrected chi connectivity index (χ3v) is 1.98. The molecule has 0 rings (SSSR count). The fourth-order valence-corrected chi connectivity index (χ4v) is 1.10. The molecule has 0 fully saturated rings. The van der Waals surface area contributed by atoms with Gasteiger partial charge in [0.2, 0.25) is 0 Å². The molecule has 0 unspecified atom stereocenters. The number of ether oxygens (including phenoxy) is 6. The molecular weight excluding hydrogens is 388 g/mol. The summed E-state index contributed by atoms with van der Waals surface area (Å²) in [5, 5.41) is 8.24. The van der Waals surface area contributed by atoms with Crippen LogP contribution in [-0.2, 0) is 42.8 Å². The van der Waals surface area contributed by atoms with E-state index in [1.54, 1.807) is 0 Å². The molecule has 10 heteroatoms. The number of carbonyl (C=O) groups excluding carboxylic acids is 3. The molecule has 10 nitrogen and oxygen atoms in total. The van der Waals surface area contributed by atoms with Gasteiger partial charge in [0, 0.05) is 20.8 Å². The molecule has 0 radical (unpaired) electrons. The predicted molar refractivity (Wildman–Crippen MR) is 107 cm³/mol. The van der Waals surface area contributed by atoms with Crippen molar-refractivity contribution in [3.8, 4) is 0 Å². The van der Waals surface area contributed by atoms with Crippen LogP contribution in [0.15, 0.2) is 25.7 Å². The van der Waals surface area contributed by atoms with Crippen LogP contribution in [0, 0.1) is 0 Å². The molecule has 1 N–H and O–H groups in total. The summed E-state index contributed by atoms with van der Waals surface area (Å²) in [6, 6.07) is 0. The van der Waals surface area contributed by atoms with E-state index in [-0.39, 0.29) is 20.0 Å². The van der Waals surface area contributed by atoms with E-state index in [2.05, 4.69) is 22.6 Å². The average Bonchev–Trinajstić information content (AvgIpc) is 2.60. The molecule has 0 aliphatic carbocycles. The molecule has 0 aliphatic rings. The minimum absolute atomic E-state index is 0. The number of carbonyl (C=O) groups is 3. The zero-order valence-corrected chi connectivity index (χ0v) is 16.8. The highest BCUT2D eigenvalue weighted by Crippen LogP contribution is 1.81. The molecule has 0 aromatic heterocycles. The average molecular weight is 424 g/mol. The van der Waals surface area contributed by atoms with Gasteiger partial charge in [0.05, 0.1) is 45.6 Å². The maximum Gasteiger partial charge on any atom is 0.310 e. The van der Waals surface area contributed by atoms with Crippen LogP contribution in [0.3, 0.4) is 0 Å². The van der Waals surface area contributed by atoms with Gasteiger partial charge in [-0.25, -0.2) is 0 Å². The van der Waals surface area contributed by atoms with E-state index in [4.69, 9.17) is 24.1 Å². The van der Waals surface area contributed by atoms with E-state index in [1.807, 2.05) is 0 Å². The summed E-state index contributed by atoms with van der Waals surface area (Å²) in [4.78, 5) is 29.9. The highest BCUT2D eigenvalue weighted by Gasteiger charge is 1.94. The Morgan fingerprint density at radius 3 is 1.45 bits per heavy atom. The molecule has 172 valence electrons. The first-order valence-corrected chi connectivity index (χ1v) is 8.35. The van der Waals surface area contributed by atoms with Crippen LogP contribution in [0.4, 0.5) is 0 Å². The summed E-state index contributed by atoms with van der Waals surface area (Å²) < 4.78 is 28.0. The van der Waals surface area contributed by atoms with Crippen molar-refractivity contribution >= 4 is 17.9 Å². The van der Waals surface area contributed by atoms with Crippen molar-refractivity contribution in [2.45, 2.75) is 28.2 Å². The highest BCUT2D eigenvalue weighted by molar-refractivity contribution is 5.82. The SMILES string of the molecule is C.C=COCCOCCO.C=COCCOCCOC(C)=O.CC(=O)OC(C)=O. The standard InChI is InChI=1S/C8H14O4.C6H12O3.C4H6O3.CH4/c1-3-10-4-5-11-6-7-12-8(2)9;1-2-8-5-6-9-4-3-7;1-3(5)7-4(2)6;/h3H,1,4-7H2,2H3;2,7H,1,3-6H2;1-2H3;1H4. The second-order valence-corrected chi connectivity index (χ2v) is 4.45. The molecule has 0 atom stereocenters. The molecule has 29 heavy (non-hydrogen) atoms. The Morgan fingerprint density at radius 1 is 0.724 bits per heavy atom. The van der Waals surface area contributed by atoms with E-state index in [1.165, 1.54) is 33.3 Å². The van der Waals surface area contributed by atoms with Crippen LogP contribution in [0.5, 0.6) is 0 Å². The van der Waals surface area contributed by atoms with Gasteiger partial charge in [0.15, 0.2) is 0 Å². The van der Waals surface area contributed by atoms with E-state index < -0.39 is 11.9 Å². The number of hydrogen-bond acceptors (Lipinski definition) is 10. The highest BCUT2D eigenvalue weighted by atomic mass is 16.6. The first-order valence-electron chi connectivity index (χ1n) is 8.35. The fourth-order valence-electron chi connectivity index (χ4n) is 1.10. The van der Waals surface area contributed by atoms with Crippen LogP contribution >= 0.6 is 0 Å². The lowest BCUT2D eigenvalue weighted by Gasteiger charge is -2.03. The quantitative estimate of drug-likeness (QED) is 0.202. The van der Waals surface area contributed by atoms with Gasteiger partial charge in [-0.05, 0) is 0 Å². The van der Waals surface area contributed by atoms with Gasteiger partial charge >= 0.3 is 17.9 Å². The predicted octanol–water partition coefficient (Wildman–Crippen LogP) is 1.61. The summed E-state index contributed by atoms with van der Waals surface area (Å²) in [5.41, 5.74) is 0.